The van der Waals surface area contributed by atoms with E-state index in [1.165, 1.54) is 18.4 Å². The van der Waals surface area contributed by atoms with Gasteiger partial charge in [0.05, 0.1) is 42.3 Å². The quantitative estimate of drug-likeness (QED) is 0.805. The van der Waals surface area contributed by atoms with E-state index in [1.807, 2.05) is 0 Å². The number of esters is 1. The zero-order chi connectivity index (χ0) is 13.4. The Kier molecular flexibility index (Phi) is 3.09. The van der Waals surface area contributed by atoms with Crippen molar-refractivity contribution < 1.29 is 14.3 Å². The fourth-order valence-corrected chi connectivity index (χ4v) is 2.98. The Morgan fingerprint density at radius 2 is 2.47 bits per heavy atom. The van der Waals surface area contributed by atoms with Crippen LogP contribution in [0.25, 0.3) is 10.2 Å². The zero-order valence-corrected chi connectivity index (χ0v) is 11.1. The Labute approximate surface area is 113 Å². The number of anilines is 1. The third kappa shape index (κ3) is 2.16. The van der Waals surface area contributed by atoms with Gasteiger partial charge in [0.1, 0.15) is 0 Å². The first-order valence-electron chi connectivity index (χ1n) is 5.78. The highest BCUT2D eigenvalue weighted by Crippen LogP contribution is 2.32. The van der Waals surface area contributed by atoms with Gasteiger partial charge in [-0.2, -0.15) is 0 Å². The van der Waals surface area contributed by atoms with Gasteiger partial charge < -0.3 is 15.2 Å². The number of rotatable bonds is 2. The van der Waals surface area contributed by atoms with Gasteiger partial charge in [-0.15, -0.1) is 0 Å². The van der Waals surface area contributed by atoms with E-state index < -0.39 is 0 Å². The molecule has 1 aromatic carbocycles. The van der Waals surface area contributed by atoms with Crippen molar-refractivity contribution in [2.45, 2.75) is 6.04 Å². The summed E-state index contributed by atoms with van der Waals surface area (Å²) in [5.74, 6) is -0.367. The molecule has 1 saturated heterocycles. The molecule has 2 aromatic rings. The molecule has 0 aliphatic carbocycles. The second-order valence-corrected chi connectivity index (χ2v) is 5.29. The second kappa shape index (κ2) is 4.76. The van der Waals surface area contributed by atoms with Crippen LogP contribution in [0.5, 0.6) is 0 Å². The molecule has 0 bridgehead atoms. The lowest BCUT2D eigenvalue weighted by atomic mass is 10.0. The molecular formula is C12H13N3O3S. The van der Waals surface area contributed by atoms with E-state index in [0.717, 1.165) is 15.8 Å². The smallest absolute Gasteiger partial charge is 0.337 e. The van der Waals surface area contributed by atoms with Crippen LogP contribution in [0.1, 0.15) is 22.0 Å². The van der Waals surface area contributed by atoms with Crippen LogP contribution in [0.4, 0.5) is 5.13 Å². The minimum absolute atomic E-state index is 0.0219. The van der Waals surface area contributed by atoms with Crippen LogP contribution < -0.4 is 11.1 Å². The average molecular weight is 279 g/mol. The number of hydrogen-bond acceptors (Lipinski definition) is 7. The molecule has 1 aromatic heterocycles. The van der Waals surface area contributed by atoms with Crippen LogP contribution in [-0.2, 0) is 9.47 Å². The Hall–Kier alpha value is -1.70. The molecule has 7 heteroatoms. The Morgan fingerprint density at radius 3 is 3.16 bits per heavy atom. The maximum Gasteiger partial charge on any atom is 0.337 e. The van der Waals surface area contributed by atoms with Crippen molar-refractivity contribution in [3.63, 3.8) is 0 Å². The molecule has 100 valence electrons. The third-order valence-corrected chi connectivity index (χ3v) is 3.89. The predicted octanol–water partition coefficient (Wildman–Crippen LogP) is 1.28. The van der Waals surface area contributed by atoms with E-state index >= 15 is 0 Å². The van der Waals surface area contributed by atoms with Crippen LogP contribution in [0, 0.1) is 0 Å². The average Bonchev–Trinajstić information content (AvgIpc) is 3.04. The standard InChI is InChI=1S/C12H13N3O3S/c1-17-11(16)6-2-7(8-4-18-5-14-8)10-9(3-6)19-12(13)15-10/h2-3,8,14H,4-5H2,1H3,(H2,13,15). The minimum Gasteiger partial charge on any atom is -0.465 e. The van der Waals surface area contributed by atoms with Gasteiger partial charge in [-0.25, -0.2) is 9.78 Å². The highest BCUT2D eigenvalue weighted by molar-refractivity contribution is 7.22. The summed E-state index contributed by atoms with van der Waals surface area (Å²) in [5, 5.41) is 3.69. The highest BCUT2D eigenvalue weighted by Gasteiger charge is 2.23. The summed E-state index contributed by atoms with van der Waals surface area (Å²) in [5.41, 5.74) is 8.00. The number of ether oxygens (including phenoxy) is 2. The molecular weight excluding hydrogens is 266 g/mol. The Bertz CT molecular complexity index is 634. The highest BCUT2D eigenvalue weighted by atomic mass is 32.1. The van der Waals surface area contributed by atoms with E-state index in [2.05, 4.69) is 10.3 Å². The van der Waals surface area contributed by atoms with Crippen molar-refractivity contribution in [3.8, 4) is 0 Å². The fourth-order valence-electron chi connectivity index (χ4n) is 2.17. The molecule has 3 rings (SSSR count). The molecule has 1 atom stereocenters. The molecule has 0 saturated carbocycles. The summed E-state index contributed by atoms with van der Waals surface area (Å²) in [6.45, 7) is 1.05. The SMILES string of the molecule is COC(=O)c1cc(C2COCN2)c2nc(N)sc2c1. The Morgan fingerprint density at radius 1 is 1.63 bits per heavy atom. The van der Waals surface area contributed by atoms with E-state index in [9.17, 15) is 4.79 Å². The molecule has 0 radical (unpaired) electrons. The summed E-state index contributed by atoms with van der Waals surface area (Å²) >= 11 is 1.36. The van der Waals surface area contributed by atoms with Crippen molar-refractivity contribution in [1.29, 1.82) is 0 Å². The molecule has 2 heterocycles. The molecule has 3 N–H and O–H groups in total. The molecule has 0 amide bonds. The minimum atomic E-state index is -0.367. The summed E-state index contributed by atoms with van der Waals surface area (Å²) in [6.07, 6.45) is 0. The first kappa shape index (κ1) is 12.3. The summed E-state index contributed by atoms with van der Waals surface area (Å²) in [4.78, 5) is 16.0. The van der Waals surface area contributed by atoms with Crippen LogP contribution >= 0.6 is 11.3 Å². The summed E-state index contributed by atoms with van der Waals surface area (Å²) in [6, 6.07) is 3.57. The largest absolute Gasteiger partial charge is 0.465 e. The number of nitrogens with two attached hydrogens (primary N) is 1. The number of carbonyl (C=O) groups excluding carboxylic acids is 1. The number of nitrogens with one attached hydrogen (secondary N) is 1. The zero-order valence-electron chi connectivity index (χ0n) is 10.3. The number of methoxy groups -OCH3 is 1. The number of thiazole rings is 1. The van der Waals surface area contributed by atoms with Crippen LogP contribution in [-0.4, -0.2) is 31.4 Å². The number of benzene rings is 1. The molecule has 19 heavy (non-hydrogen) atoms. The fraction of sp³-hybridized carbons (Fsp3) is 0.333. The lowest BCUT2D eigenvalue weighted by Gasteiger charge is -2.11. The van der Waals surface area contributed by atoms with E-state index in [1.54, 1.807) is 12.1 Å². The molecule has 1 fully saturated rings. The first-order valence-corrected chi connectivity index (χ1v) is 6.60. The molecule has 0 spiro atoms. The van der Waals surface area contributed by atoms with Gasteiger partial charge in [-0.05, 0) is 17.7 Å². The van der Waals surface area contributed by atoms with Gasteiger partial charge in [0.2, 0.25) is 0 Å². The van der Waals surface area contributed by atoms with Crippen molar-refractivity contribution in [2.75, 3.05) is 26.2 Å². The number of carbonyl (C=O) groups is 1. The maximum absolute atomic E-state index is 11.7. The topological polar surface area (TPSA) is 86.5 Å². The molecule has 1 aliphatic heterocycles. The number of hydrogen-bond donors (Lipinski definition) is 2. The molecule has 1 unspecified atom stereocenters. The maximum atomic E-state index is 11.7. The predicted molar refractivity (Wildman–Crippen MR) is 72.1 cm³/mol. The van der Waals surface area contributed by atoms with E-state index in [4.69, 9.17) is 15.2 Å². The van der Waals surface area contributed by atoms with Crippen molar-refractivity contribution in [2.24, 2.45) is 0 Å². The van der Waals surface area contributed by atoms with E-state index in [-0.39, 0.29) is 12.0 Å². The first-order chi connectivity index (χ1) is 9.19. The number of nitrogen functional groups attached to an aromatic ring is 1. The third-order valence-electron chi connectivity index (χ3n) is 3.05. The van der Waals surface area contributed by atoms with Crippen molar-refractivity contribution >= 4 is 32.7 Å². The van der Waals surface area contributed by atoms with Gasteiger partial charge in [0, 0.05) is 0 Å². The monoisotopic (exact) mass is 279 g/mol. The van der Waals surface area contributed by atoms with E-state index in [0.29, 0.717) is 24.0 Å². The van der Waals surface area contributed by atoms with Gasteiger partial charge in [0.15, 0.2) is 5.13 Å². The summed E-state index contributed by atoms with van der Waals surface area (Å²) in [7, 11) is 1.37. The number of aromatic nitrogens is 1. The van der Waals surface area contributed by atoms with Gasteiger partial charge in [-0.3, -0.25) is 5.32 Å². The van der Waals surface area contributed by atoms with Crippen LogP contribution in [0.15, 0.2) is 12.1 Å². The van der Waals surface area contributed by atoms with Crippen LogP contribution in [0.3, 0.4) is 0 Å². The molecule has 1 aliphatic rings. The number of fused-ring (bicyclic) bond motifs is 1. The van der Waals surface area contributed by atoms with Crippen molar-refractivity contribution in [1.82, 2.24) is 10.3 Å². The van der Waals surface area contributed by atoms with Gasteiger partial charge in [-0.1, -0.05) is 11.3 Å². The van der Waals surface area contributed by atoms with Crippen molar-refractivity contribution in [3.05, 3.63) is 23.3 Å². The lowest BCUT2D eigenvalue weighted by molar-refractivity contribution is 0.0601. The number of nitrogens with zero attached hydrogens (tertiary/aromatic N) is 1. The normalized spacial score (nSPS) is 18.9. The summed E-state index contributed by atoms with van der Waals surface area (Å²) < 4.78 is 11.0. The van der Waals surface area contributed by atoms with Gasteiger partial charge in [0.25, 0.3) is 0 Å². The molecule has 6 nitrogen and oxygen atoms in total. The van der Waals surface area contributed by atoms with Crippen LogP contribution in [0.2, 0.25) is 0 Å². The van der Waals surface area contributed by atoms with Gasteiger partial charge >= 0.3 is 5.97 Å². The second-order valence-electron chi connectivity index (χ2n) is 4.23. The lowest BCUT2D eigenvalue weighted by Crippen LogP contribution is -2.16. The Balaban J connectivity index is 2.18.